The lowest BCUT2D eigenvalue weighted by Crippen LogP contribution is -2.35. The van der Waals surface area contributed by atoms with E-state index in [1.54, 1.807) is 36.4 Å². The summed E-state index contributed by atoms with van der Waals surface area (Å²) in [5.41, 5.74) is 0.508. The average Bonchev–Trinajstić information content (AvgIpc) is 3.05. The fourth-order valence-corrected chi connectivity index (χ4v) is 3.31. The molecule has 2 N–H and O–H groups in total. The standard InChI is InChI=1S/C17H15ClINO5/c18-10-1-3-13(14(19)5-10)17(22)20-7-11(21)8-23-12-2-4-15-16(6-12)25-9-24-15/h1-6,11,21H,7-9H2,(H,20,22). The van der Waals surface area contributed by atoms with Gasteiger partial charge in [-0.3, -0.25) is 4.79 Å². The number of benzene rings is 2. The van der Waals surface area contributed by atoms with Crippen LogP contribution < -0.4 is 19.5 Å². The maximum absolute atomic E-state index is 12.1. The fourth-order valence-electron chi connectivity index (χ4n) is 2.20. The zero-order chi connectivity index (χ0) is 17.8. The molecule has 0 spiro atoms. The monoisotopic (exact) mass is 475 g/mol. The predicted molar refractivity (Wildman–Crippen MR) is 101 cm³/mol. The highest BCUT2D eigenvalue weighted by Gasteiger charge is 2.15. The summed E-state index contributed by atoms with van der Waals surface area (Å²) >= 11 is 7.92. The van der Waals surface area contributed by atoms with E-state index in [4.69, 9.17) is 25.8 Å². The Hall–Kier alpha value is -1.71. The van der Waals surface area contributed by atoms with E-state index in [9.17, 15) is 9.90 Å². The molecule has 1 unspecified atom stereocenters. The van der Waals surface area contributed by atoms with Gasteiger partial charge in [-0.25, -0.2) is 0 Å². The Kier molecular flexibility index (Phi) is 5.87. The van der Waals surface area contributed by atoms with Crippen molar-refractivity contribution < 1.29 is 24.1 Å². The van der Waals surface area contributed by atoms with Crippen LogP contribution in [0.4, 0.5) is 0 Å². The third-order valence-electron chi connectivity index (χ3n) is 3.46. The van der Waals surface area contributed by atoms with E-state index in [0.29, 0.717) is 27.8 Å². The van der Waals surface area contributed by atoms with Crippen LogP contribution >= 0.6 is 34.2 Å². The van der Waals surface area contributed by atoms with Crippen molar-refractivity contribution in [2.24, 2.45) is 0 Å². The lowest BCUT2D eigenvalue weighted by Gasteiger charge is -2.14. The van der Waals surface area contributed by atoms with E-state index < -0.39 is 6.10 Å². The number of halogens is 2. The maximum Gasteiger partial charge on any atom is 0.252 e. The molecule has 1 heterocycles. The zero-order valence-electron chi connectivity index (χ0n) is 13.0. The van der Waals surface area contributed by atoms with Crippen LogP contribution in [0.25, 0.3) is 0 Å². The van der Waals surface area contributed by atoms with Gasteiger partial charge < -0.3 is 24.6 Å². The first kappa shape index (κ1) is 18.1. The van der Waals surface area contributed by atoms with Gasteiger partial charge in [0, 0.05) is 21.2 Å². The predicted octanol–water partition coefficient (Wildman–Crippen LogP) is 2.84. The molecule has 0 saturated carbocycles. The molecule has 1 aliphatic rings. The second-order valence-electron chi connectivity index (χ2n) is 5.31. The van der Waals surface area contributed by atoms with E-state index >= 15 is 0 Å². The summed E-state index contributed by atoms with van der Waals surface area (Å²) in [5, 5.41) is 13.2. The van der Waals surface area contributed by atoms with Crippen LogP contribution in [0, 0.1) is 3.57 Å². The molecule has 0 aromatic heterocycles. The molecular formula is C17H15ClINO5. The Morgan fingerprint density at radius 3 is 2.88 bits per heavy atom. The van der Waals surface area contributed by atoms with Gasteiger partial charge in [-0.05, 0) is 52.9 Å². The second kappa shape index (κ2) is 8.11. The molecular weight excluding hydrogens is 461 g/mol. The molecule has 6 nitrogen and oxygen atoms in total. The molecule has 3 rings (SSSR count). The fraction of sp³-hybridized carbons (Fsp3) is 0.235. The van der Waals surface area contributed by atoms with Gasteiger partial charge >= 0.3 is 0 Å². The van der Waals surface area contributed by atoms with E-state index in [-0.39, 0.29) is 25.9 Å². The Morgan fingerprint density at radius 2 is 2.08 bits per heavy atom. The smallest absolute Gasteiger partial charge is 0.252 e. The largest absolute Gasteiger partial charge is 0.491 e. The van der Waals surface area contributed by atoms with Crippen molar-refractivity contribution in [1.82, 2.24) is 5.32 Å². The Labute approximate surface area is 163 Å². The van der Waals surface area contributed by atoms with E-state index in [0.717, 1.165) is 3.57 Å². The van der Waals surface area contributed by atoms with Crippen molar-refractivity contribution >= 4 is 40.1 Å². The summed E-state index contributed by atoms with van der Waals surface area (Å²) in [6.07, 6.45) is -0.848. The van der Waals surface area contributed by atoms with Crippen LogP contribution in [0.1, 0.15) is 10.4 Å². The number of amides is 1. The van der Waals surface area contributed by atoms with Gasteiger partial charge in [-0.15, -0.1) is 0 Å². The molecule has 25 heavy (non-hydrogen) atoms. The van der Waals surface area contributed by atoms with Gasteiger partial charge in [-0.1, -0.05) is 11.6 Å². The molecule has 2 aromatic carbocycles. The summed E-state index contributed by atoms with van der Waals surface area (Å²) in [4.78, 5) is 12.1. The molecule has 0 radical (unpaired) electrons. The van der Waals surface area contributed by atoms with Crippen molar-refractivity contribution in [3.05, 3.63) is 50.6 Å². The first-order chi connectivity index (χ1) is 12.0. The summed E-state index contributed by atoms with van der Waals surface area (Å²) in [6.45, 7) is 0.302. The zero-order valence-corrected chi connectivity index (χ0v) is 15.9. The van der Waals surface area contributed by atoms with Gasteiger partial charge in [0.05, 0.1) is 5.56 Å². The molecule has 0 aliphatic carbocycles. The lowest BCUT2D eigenvalue weighted by atomic mass is 10.2. The molecule has 1 aliphatic heterocycles. The number of fused-ring (bicyclic) bond motifs is 1. The van der Waals surface area contributed by atoms with E-state index in [1.807, 2.05) is 22.6 Å². The highest BCUT2D eigenvalue weighted by molar-refractivity contribution is 14.1. The van der Waals surface area contributed by atoms with Gasteiger partial charge in [0.2, 0.25) is 6.79 Å². The third kappa shape index (κ3) is 4.68. The molecule has 1 atom stereocenters. The molecule has 8 heteroatoms. The average molecular weight is 476 g/mol. The van der Waals surface area contributed by atoms with Gasteiger partial charge in [0.15, 0.2) is 11.5 Å². The van der Waals surface area contributed by atoms with E-state index in [2.05, 4.69) is 5.32 Å². The molecule has 132 valence electrons. The first-order valence-electron chi connectivity index (χ1n) is 7.46. The number of hydrogen-bond acceptors (Lipinski definition) is 5. The van der Waals surface area contributed by atoms with Crippen molar-refractivity contribution in [1.29, 1.82) is 0 Å². The first-order valence-corrected chi connectivity index (χ1v) is 8.92. The number of ether oxygens (including phenoxy) is 3. The van der Waals surface area contributed by atoms with Gasteiger partial charge in [0.25, 0.3) is 5.91 Å². The molecule has 0 bridgehead atoms. The Bertz CT molecular complexity index is 786. The summed E-state index contributed by atoms with van der Waals surface area (Å²) in [7, 11) is 0. The number of hydrogen-bond donors (Lipinski definition) is 2. The van der Waals surface area contributed by atoms with Crippen LogP contribution in [-0.4, -0.2) is 37.1 Å². The highest BCUT2D eigenvalue weighted by atomic mass is 127. The maximum atomic E-state index is 12.1. The Morgan fingerprint density at radius 1 is 1.28 bits per heavy atom. The van der Waals surface area contributed by atoms with Crippen LogP contribution in [0.2, 0.25) is 5.02 Å². The van der Waals surface area contributed by atoms with Gasteiger partial charge in [0.1, 0.15) is 18.5 Å². The van der Waals surface area contributed by atoms with Crippen LogP contribution in [0.15, 0.2) is 36.4 Å². The highest BCUT2D eigenvalue weighted by Crippen LogP contribution is 2.35. The van der Waals surface area contributed by atoms with E-state index in [1.165, 1.54) is 0 Å². The minimum Gasteiger partial charge on any atom is -0.491 e. The summed E-state index contributed by atoms with van der Waals surface area (Å²) in [6, 6.07) is 10.2. The third-order valence-corrected chi connectivity index (χ3v) is 4.59. The van der Waals surface area contributed by atoms with Crippen molar-refractivity contribution in [3.8, 4) is 17.2 Å². The number of carbonyl (C=O) groups excluding carboxylic acids is 1. The SMILES string of the molecule is O=C(NCC(O)COc1ccc2c(c1)OCO2)c1ccc(Cl)cc1I. The van der Waals surface area contributed by atoms with Crippen LogP contribution in [-0.2, 0) is 0 Å². The number of aliphatic hydroxyl groups excluding tert-OH is 1. The molecule has 2 aromatic rings. The van der Waals surface area contributed by atoms with Crippen LogP contribution in [0.3, 0.4) is 0 Å². The van der Waals surface area contributed by atoms with Gasteiger partial charge in [-0.2, -0.15) is 0 Å². The minimum atomic E-state index is -0.848. The molecule has 0 saturated heterocycles. The molecule has 1 amide bonds. The topological polar surface area (TPSA) is 77.0 Å². The number of carbonyl (C=O) groups is 1. The number of nitrogens with one attached hydrogen (secondary N) is 1. The minimum absolute atomic E-state index is 0.0393. The quantitative estimate of drug-likeness (QED) is 0.629. The van der Waals surface area contributed by atoms with Crippen LogP contribution in [0.5, 0.6) is 17.2 Å². The lowest BCUT2D eigenvalue weighted by molar-refractivity contribution is 0.0843. The van der Waals surface area contributed by atoms with Crippen molar-refractivity contribution in [2.75, 3.05) is 19.9 Å². The van der Waals surface area contributed by atoms with Crippen molar-refractivity contribution in [2.45, 2.75) is 6.10 Å². The van der Waals surface area contributed by atoms with Crippen molar-refractivity contribution in [3.63, 3.8) is 0 Å². The second-order valence-corrected chi connectivity index (χ2v) is 6.91. The Balaban J connectivity index is 1.48. The summed E-state index contributed by atoms with van der Waals surface area (Å²) < 4.78 is 16.7. The summed E-state index contributed by atoms with van der Waals surface area (Å²) in [5.74, 6) is 1.56. The number of rotatable bonds is 6. The molecule has 0 fully saturated rings. The number of aliphatic hydroxyl groups is 1. The normalized spacial score (nSPS) is 13.4.